The first-order valence-corrected chi connectivity index (χ1v) is 4.96. The number of nitrogen functional groups attached to an aromatic ring is 1. The fourth-order valence-corrected chi connectivity index (χ4v) is 1.38. The number of rotatable bonds is 4. The number of carbonyl (C=O) groups excluding carboxylic acids is 1. The molecule has 8 heteroatoms. The normalized spacial score (nSPS) is 10.3. The summed E-state index contributed by atoms with van der Waals surface area (Å²) in [7, 11) is 0. The minimum absolute atomic E-state index is 0.00916. The van der Waals surface area contributed by atoms with E-state index in [-0.39, 0.29) is 23.5 Å². The molecule has 0 radical (unpaired) electrons. The highest BCUT2D eigenvalue weighted by atomic mass is 19.1. The Morgan fingerprint density at radius 2 is 2.28 bits per heavy atom. The average molecular weight is 251 g/mol. The van der Waals surface area contributed by atoms with Crippen LogP contribution in [0.1, 0.15) is 16.2 Å². The Morgan fingerprint density at radius 3 is 2.89 bits per heavy atom. The van der Waals surface area contributed by atoms with Crippen molar-refractivity contribution in [3.05, 3.63) is 35.7 Å². The minimum atomic E-state index is -0.727. The van der Waals surface area contributed by atoms with Gasteiger partial charge in [0.25, 0.3) is 5.91 Å². The van der Waals surface area contributed by atoms with E-state index in [2.05, 4.69) is 20.0 Å². The molecule has 0 atom stereocenters. The van der Waals surface area contributed by atoms with Crippen molar-refractivity contribution in [2.24, 2.45) is 5.73 Å². The van der Waals surface area contributed by atoms with E-state index in [4.69, 9.17) is 11.5 Å². The molecule has 0 aliphatic carbocycles. The van der Waals surface area contributed by atoms with Crippen molar-refractivity contribution in [2.45, 2.75) is 6.54 Å². The second-order valence-electron chi connectivity index (χ2n) is 3.48. The van der Waals surface area contributed by atoms with Crippen LogP contribution in [-0.2, 0) is 6.54 Å². The van der Waals surface area contributed by atoms with E-state index in [1.807, 2.05) is 0 Å². The third-order valence-corrected chi connectivity index (χ3v) is 2.25. The first-order valence-electron chi connectivity index (χ1n) is 4.96. The molecule has 0 spiro atoms. The molecule has 94 valence electrons. The Kier molecular flexibility index (Phi) is 3.09. The molecule has 0 unspecified atom stereocenters. The SMILES string of the molecule is NC(=O)c1cc(NCc2ncon2)c(F)cc1N. The average Bonchev–Trinajstić information content (AvgIpc) is 2.80. The van der Waals surface area contributed by atoms with E-state index < -0.39 is 11.7 Å². The molecule has 2 rings (SSSR count). The predicted octanol–water partition coefficient (Wildman–Crippen LogP) is 0.502. The molecule has 0 aliphatic rings. The quantitative estimate of drug-likeness (QED) is 0.680. The molecule has 5 N–H and O–H groups in total. The Labute approximate surface area is 101 Å². The second-order valence-corrected chi connectivity index (χ2v) is 3.48. The molecule has 0 saturated heterocycles. The van der Waals surface area contributed by atoms with E-state index in [1.54, 1.807) is 0 Å². The van der Waals surface area contributed by atoms with Gasteiger partial charge in [-0.25, -0.2) is 4.39 Å². The molecule has 1 aromatic heterocycles. The number of nitrogens with one attached hydrogen (secondary N) is 1. The number of nitrogens with two attached hydrogens (primary N) is 2. The zero-order valence-corrected chi connectivity index (χ0v) is 9.18. The summed E-state index contributed by atoms with van der Waals surface area (Å²) in [5, 5.41) is 6.26. The van der Waals surface area contributed by atoms with Gasteiger partial charge in [0.1, 0.15) is 5.82 Å². The molecule has 1 heterocycles. The van der Waals surface area contributed by atoms with Crippen LogP contribution in [0.2, 0.25) is 0 Å². The highest BCUT2D eigenvalue weighted by Gasteiger charge is 2.12. The van der Waals surface area contributed by atoms with E-state index in [0.717, 1.165) is 12.5 Å². The van der Waals surface area contributed by atoms with Gasteiger partial charge < -0.3 is 21.3 Å². The number of benzene rings is 1. The van der Waals surface area contributed by atoms with Crippen LogP contribution in [0.4, 0.5) is 15.8 Å². The van der Waals surface area contributed by atoms with Crippen LogP contribution in [0.3, 0.4) is 0 Å². The monoisotopic (exact) mass is 251 g/mol. The molecule has 1 aromatic carbocycles. The van der Waals surface area contributed by atoms with Crippen molar-refractivity contribution in [3.63, 3.8) is 0 Å². The van der Waals surface area contributed by atoms with Crippen molar-refractivity contribution < 1.29 is 13.7 Å². The highest BCUT2D eigenvalue weighted by Crippen LogP contribution is 2.22. The maximum absolute atomic E-state index is 13.6. The summed E-state index contributed by atoms with van der Waals surface area (Å²) in [6, 6.07) is 2.27. The molecule has 7 nitrogen and oxygen atoms in total. The van der Waals surface area contributed by atoms with Gasteiger partial charge in [0, 0.05) is 5.69 Å². The molecular weight excluding hydrogens is 241 g/mol. The lowest BCUT2D eigenvalue weighted by atomic mass is 10.1. The van der Waals surface area contributed by atoms with Gasteiger partial charge in [-0.15, -0.1) is 0 Å². The topological polar surface area (TPSA) is 120 Å². The van der Waals surface area contributed by atoms with Gasteiger partial charge in [-0.3, -0.25) is 4.79 Å². The number of anilines is 2. The third-order valence-electron chi connectivity index (χ3n) is 2.25. The van der Waals surface area contributed by atoms with Crippen LogP contribution in [0, 0.1) is 5.82 Å². The standard InChI is InChI=1S/C10H10FN5O2/c11-6-2-7(12)5(10(13)17)1-8(6)14-3-9-15-4-18-16-9/h1-2,4,14H,3,12H2,(H2,13,17). The second kappa shape index (κ2) is 4.70. The van der Waals surface area contributed by atoms with Gasteiger partial charge in [0.05, 0.1) is 17.8 Å². The van der Waals surface area contributed by atoms with Gasteiger partial charge in [-0.05, 0) is 12.1 Å². The molecule has 0 bridgehead atoms. The molecule has 0 fully saturated rings. The summed E-state index contributed by atoms with van der Waals surface area (Å²) >= 11 is 0. The first kappa shape index (κ1) is 11.8. The fourth-order valence-electron chi connectivity index (χ4n) is 1.38. The summed E-state index contributed by atoms with van der Waals surface area (Å²) in [4.78, 5) is 14.8. The Morgan fingerprint density at radius 1 is 1.50 bits per heavy atom. The Hall–Kier alpha value is -2.64. The Balaban J connectivity index is 2.22. The lowest BCUT2D eigenvalue weighted by Gasteiger charge is -2.09. The summed E-state index contributed by atoms with van der Waals surface area (Å²) in [6.45, 7) is 0.148. The number of primary amides is 1. The zero-order chi connectivity index (χ0) is 13.1. The Bertz CT molecular complexity index is 570. The van der Waals surface area contributed by atoms with Crippen LogP contribution in [0.25, 0.3) is 0 Å². The van der Waals surface area contributed by atoms with Crippen LogP contribution < -0.4 is 16.8 Å². The molecule has 0 saturated carbocycles. The van der Waals surface area contributed by atoms with E-state index in [0.29, 0.717) is 5.82 Å². The molecule has 2 aromatic rings. The van der Waals surface area contributed by atoms with E-state index >= 15 is 0 Å². The van der Waals surface area contributed by atoms with Crippen LogP contribution >= 0.6 is 0 Å². The van der Waals surface area contributed by atoms with Gasteiger partial charge in [0.2, 0.25) is 6.39 Å². The lowest BCUT2D eigenvalue weighted by molar-refractivity contribution is 0.100. The molecule has 0 aliphatic heterocycles. The summed E-state index contributed by atoms with van der Waals surface area (Å²) in [5.74, 6) is -0.969. The van der Waals surface area contributed by atoms with Crippen molar-refractivity contribution in [1.82, 2.24) is 10.1 Å². The predicted molar refractivity (Wildman–Crippen MR) is 61.0 cm³/mol. The van der Waals surface area contributed by atoms with E-state index in [9.17, 15) is 9.18 Å². The van der Waals surface area contributed by atoms with Gasteiger partial charge in [0.15, 0.2) is 5.82 Å². The van der Waals surface area contributed by atoms with E-state index in [1.165, 1.54) is 6.07 Å². The molecular formula is C10H10FN5O2. The minimum Gasteiger partial charge on any atom is -0.398 e. The summed E-state index contributed by atoms with van der Waals surface area (Å²) in [5.41, 5.74) is 10.7. The number of aromatic nitrogens is 2. The summed E-state index contributed by atoms with van der Waals surface area (Å²) < 4.78 is 18.1. The third kappa shape index (κ3) is 2.37. The lowest BCUT2D eigenvalue weighted by Crippen LogP contribution is -2.15. The van der Waals surface area contributed by atoms with Crippen LogP contribution in [0.15, 0.2) is 23.0 Å². The highest BCUT2D eigenvalue weighted by molar-refractivity contribution is 5.99. The van der Waals surface area contributed by atoms with Crippen molar-refractivity contribution in [3.8, 4) is 0 Å². The fraction of sp³-hybridized carbons (Fsp3) is 0.100. The number of halogens is 1. The van der Waals surface area contributed by atoms with Gasteiger partial charge >= 0.3 is 0 Å². The van der Waals surface area contributed by atoms with Crippen LogP contribution in [-0.4, -0.2) is 16.0 Å². The number of amides is 1. The maximum Gasteiger partial charge on any atom is 0.250 e. The molecule has 1 amide bonds. The number of carbonyl (C=O) groups is 1. The number of nitrogens with zero attached hydrogens (tertiary/aromatic N) is 2. The van der Waals surface area contributed by atoms with Gasteiger partial charge in [-0.1, -0.05) is 5.16 Å². The smallest absolute Gasteiger partial charge is 0.250 e. The van der Waals surface area contributed by atoms with Crippen molar-refractivity contribution in [1.29, 1.82) is 0 Å². The van der Waals surface area contributed by atoms with Crippen molar-refractivity contribution in [2.75, 3.05) is 11.1 Å². The summed E-state index contributed by atoms with van der Waals surface area (Å²) in [6.07, 6.45) is 1.16. The van der Waals surface area contributed by atoms with Gasteiger partial charge in [-0.2, -0.15) is 4.98 Å². The number of hydrogen-bond donors (Lipinski definition) is 3. The molecule has 18 heavy (non-hydrogen) atoms. The first-order chi connectivity index (χ1) is 8.58. The van der Waals surface area contributed by atoms with Crippen molar-refractivity contribution >= 4 is 17.3 Å². The largest absolute Gasteiger partial charge is 0.398 e. The number of hydrogen-bond acceptors (Lipinski definition) is 6. The van der Waals surface area contributed by atoms with Crippen LogP contribution in [0.5, 0.6) is 0 Å². The maximum atomic E-state index is 13.6. The zero-order valence-electron chi connectivity index (χ0n) is 9.18.